The van der Waals surface area contributed by atoms with Crippen molar-refractivity contribution in [1.29, 1.82) is 0 Å². The van der Waals surface area contributed by atoms with Crippen LogP contribution in [0.15, 0.2) is 64.2 Å². The zero-order valence-electron chi connectivity index (χ0n) is 16.0. The monoisotopic (exact) mass is 411 g/mol. The molecule has 0 atom stereocenters. The summed E-state index contributed by atoms with van der Waals surface area (Å²) in [5.74, 6) is 0.246. The summed E-state index contributed by atoms with van der Waals surface area (Å²) in [6, 6.07) is 15.9. The summed E-state index contributed by atoms with van der Waals surface area (Å²) >= 11 is 1.23. The molecule has 0 aliphatic heterocycles. The summed E-state index contributed by atoms with van der Waals surface area (Å²) in [6.45, 7) is 0. The minimum atomic E-state index is -0.322. The molecule has 0 spiro atoms. The number of thioether (sulfide) groups is 1. The van der Waals surface area contributed by atoms with E-state index >= 15 is 0 Å². The van der Waals surface area contributed by atoms with E-state index in [1.54, 1.807) is 12.1 Å². The van der Waals surface area contributed by atoms with Gasteiger partial charge in [0.2, 0.25) is 11.8 Å². The number of rotatable bonds is 6. The molecule has 4 rings (SSSR count). The van der Waals surface area contributed by atoms with Crippen molar-refractivity contribution in [3.05, 3.63) is 60.4 Å². The van der Waals surface area contributed by atoms with Crippen LogP contribution in [-0.4, -0.2) is 27.9 Å². The second kappa shape index (κ2) is 9.22. The smallest absolute Gasteiger partial charge is 0.277 e. The number of amides is 1. The van der Waals surface area contributed by atoms with Gasteiger partial charge < -0.3 is 9.32 Å². The Morgan fingerprint density at radius 2 is 1.76 bits per heavy atom. The number of carbonyl (C=O) groups excluding carboxylic acids is 1. The molecule has 1 aliphatic carbocycles. The number of anilines is 1. The second-order valence-electron chi connectivity index (χ2n) is 7.06. The summed E-state index contributed by atoms with van der Waals surface area (Å²) in [7, 11) is 0. The standard InChI is InChI=1S/C22H22FN3O2S/c23-17-13-11-16(12-14-17)21-24-25-22(28-21)29-15-20(27)26(18-7-3-1-4-8-18)19-9-5-2-6-10-19/h1,3-4,7-8,11-14,19H,2,5-6,9-10,15H2. The molecule has 5 nitrogen and oxygen atoms in total. The predicted octanol–water partition coefficient (Wildman–Crippen LogP) is 5.33. The van der Waals surface area contributed by atoms with Gasteiger partial charge in [-0.15, -0.1) is 10.2 Å². The number of para-hydroxylation sites is 1. The first-order valence-electron chi connectivity index (χ1n) is 9.80. The lowest BCUT2D eigenvalue weighted by Crippen LogP contribution is -2.42. The molecule has 0 radical (unpaired) electrons. The molecule has 1 fully saturated rings. The van der Waals surface area contributed by atoms with Gasteiger partial charge in [0.05, 0.1) is 5.75 Å². The summed E-state index contributed by atoms with van der Waals surface area (Å²) < 4.78 is 18.7. The van der Waals surface area contributed by atoms with Gasteiger partial charge in [0.25, 0.3) is 5.22 Å². The molecule has 7 heteroatoms. The van der Waals surface area contributed by atoms with Crippen LogP contribution in [0.4, 0.5) is 10.1 Å². The number of hydrogen-bond donors (Lipinski definition) is 0. The largest absolute Gasteiger partial charge is 0.411 e. The summed E-state index contributed by atoms with van der Waals surface area (Å²) in [6.07, 6.45) is 5.59. The van der Waals surface area contributed by atoms with Crippen molar-refractivity contribution in [3.8, 4) is 11.5 Å². The third kappa shape index (κ3) is 4.85. The third-order valence-corrected chi connectivity index (χ3v) is 5.86. The highest BCUT2D eigenvalue weighted by Crippen LogP contribution is 2.29. The van der Waals surface area contributed by atoms with Crippen LogP contribution in [0.25, 0.3) is 11.5 Å². The van der Waals surface area contributed by atoms with E-state index in [1.807, 2.05) is 35.2 Å². The number of benzene rings is 2. The molecule has 29 heavy (non-hydrogen) atoms. The number of halogens is 1. The van der Waals surface area contributed by atoms with Crippen molar-refractivity contribution in [2.45, 2.75) is 43.4 Å². The minimum absolute atomic E-state index is 0.0367. The highest BCUT2D eigenvalue weighted by Gasteiger charge is 2.27. The number of hydrogen-bond acceptors (Lipinski definition) is 5. The lowest BCUT2D eigenvalue weighted by Gasteiger charge is -2.34. The molecule has 150 valence electrons. The average molecular weight is 412 g/mol. The Kier molecular flexibility index (Phi) is 6.24. The maximum atomic E-state index is 13.1. The van der Waals surface area contributed by atoms with Gasteiger partial charge in [0, 0.05) is 17.3 Å². The normalized spacial score (nSPS) is 14.7. The SMILES string of the molecule is O=C(CSc1nnc(-c2ccc(F)cc2)o1)N(c1ccccc1)C1CCCCC1. The summed E-state index contributed by atoms with van der Waals surface area (Å²) in [4.78, 5) is 15.0. The van der Waals surface area contributed by atoms with Gasteiger partial charge in [0.1, 0.15) is 5.82 Å². The highest BCUT2D eigenvalue weighted by atomic mass is 32.2. The molecular formula is C22H22FN3O2S. The maximum Gasteiger partial charge on any atom is 0.277 e. The van der Waals surface area contributed by atoms with E-state index in [0.717, 1.165) is 31.4 Å². The van der Waals surface area contributed by atoms with E-state index in [-0.39, 0.29) is 23.5 Å². The van der Waals surface area contributed by atoms with E-state index in [1.165, 1.54) is 30.3 Å². The van der Waals surface area contributed by atoms with E-state index < -0.39 is 0 Å². The molecule has 1 saturated carbocycles. The lowest BCUT2D eigenvalue weighted by molar-refractivity contribution is -0.116. The lowest BCUT2D eigenvalue weighted by atomic mass is 9.93. The van der Waals surface area contributed by atoms with Gasteiger partial charge in [-0.3, -0.25) is 4.79 Å². The van der Waals surface area contributed by atoms with E-state index in [9.17, 15) is 9.18 Å². The van der Waals surface area contributed by atoms with Gasteiger partial charge in [-0.25, -0.2) is 4.39 Å². The van der Waals surface area contributed by atoms with E-state index in [2.05, 4.69) is 10.2 Å². The Hall–Kier alpha value is -2.67. The first kappa shape index (κ1) is 19.6. The van der Waals surface area contributed by atoms with Gasteiger partial charge in [-0.2, -0.15) is 0 Å². The second-order valence-corrected chi connectivity index (χ2v) is 7.99. The van der Waals surface area contributed by atoms with Crippen LogP contribution in [0.1, 0.15) is 32.1 Å². The fourth-order valence-electron chi connectivity index (χ4n) is 3.66. The molecule has 1 aliphatic rings. The van der Waals surface area contributed by atoms with Gasteiger partial charge in [-0.05, 0) is 49.2 Å². The Morgan fingerprint density at radius 1 is 1.03 bits per heavy atom. The topological polar surface area (TPSA) is 59.2 Å². The molecule has 1 aromatic heterocycles. The van der Waals surface area contributed by atoms with Crippen LogP contribution in [0.2, 0.25) is 0 Å². The van der Waals surface area contributed by atoms with Crippen molar-refractivity contribution in [1.82, 2.24) is 10.2 Å². The number of aromatic nitrogens is 2. The van der Waals surface area contributed by atoms with Crippen molar-refractivity contribution in [3.63, 3.8) is 0 Å². The van der Waals surface area contributed by atoms with Gasteiger partial charge in [-0.1, -0.05) is 49.2 Å². The quantitative estimate of drug-likeness (QED) is 0.513. The van der Waals surface area contributed by atoms with Crippen LogP contribution in [-0.2, 0) is 4.79 Å². The molecule has 1 heterocycles. The highest BCUT2D eigenvalue weighted by molar-refractivity contribution is 7.99. The summed E-state index contributed by atoms with van der Waals surface area (Å²) in [5, 5.41) is 8.34. The van der Waals surface area contributed by atoms with Crippen LogP contribution in [0, 0.1) is 5.82 Å². The molecule has 0 bridgehead atoms. The van der Waals surface area contributed by atoms with Crippen molar-refractivity contribution < 1.29 is 13.6 Å². The van der Waals surface area contributed by atoms with Crippen LogP contribution >= 0.6 is 11.8 Å². The first-order valence-corrected chi connectivity index (χ1v) is 10.8. The zero-order chi connectivity index (χ0) is 20.1. The van der Waals surface area contributed by atoms with Crippen LogP contribution in [0.5, 0.6) is 0 Å². The molecule has 0 N–H and O–H groups in total. The zero-order valence-corrected chi connectivity index (χ0v) is 16.8. The number of carbonyl (C=O) groups is 1. The van der Waals surface area contributed by atoms with Crippen molar-refractivity contribution in [2.24, 2.45) is 0 Å². The molecule has 1 amide bonds. The molecule has 3 aromatic rings. The predicted molar refractivity (Wildman–Crippen MR) is 111 cm³/mol. The van der Waals surface area contributed by atoms with Crippen LogP contribution in [0.3, 0.4) is 0 Å². The Morgan fingerprint density at radius 3 is 2.48 bits per heavy atom. The minimum Gasteiger partial charge on any atom is -0.411 e. The fraction of sp³-hybridized carbons (Fsp3) is 0.318. The van der Waals surface area contributed by atoms with Gasteiger partial charge in [0.15, 0.2) is 0 Å². The Balaban J connectivity index is 1.45. The number of nitrogens with zero attached hydrogens (tertiary/aromatic N) is 3. The molecular weight excluding hydrogens is 389 g/mol. The Bertz CT molecular complexity index is 940. The fourth-order valence-corrected chi connectivity index (χ4v) is 4.28. The third-order valence-electron chi connectivity index (χ3n) is 5.06. The van der Waals surface area contributed by atoms with E-state index in [0.29, 0.717) is 16.7 Å². The summed E-state index contributed by atoms with van der Waals surface area (Å²) in [5.41, 5.74) is 1.58. The van der Waals surface area contributed by atoms with E-state index in [4.69, 9.17) is 4.42 Å². The molecule has 0 saturated heterocycles. The average Bonchev–Trinajstić information content (AvgIpc) is 3.24. The maximum absolute atomic E-state index is 13.1. The van der Waals surface area contributed by atoms with Crippen molar-refractivity contribution >= 4 is 23.4 Å². The molecule has 0 unspecified atom stereocenters. The Labute approximate surface area is 173 Å². The molecule has 2 aromatic carbocycles. The first-order chi connectivity index (χ1) is 14.2. The van der Waals surface area contributed by atoms with Gasteiger partial charge >= 0.3 is 0 Å². The van der Waals surface area contributed by atoms with Crippen LogP contribution < -0.4 is 4.90 Å². The van der Waals surface area contributed by atoms with Crippen molar-refractivity contribution in [2.75, 3.05) is 10.7 Å².